The van der Waals surface area contributed by atoms with E-state index in [1.54, 1.807) is 18.2 Å². The Kier molecular flexibility index (Phi) is 5.30. The Hall–Kier alpha value is -3.20. The summed E-state index contributed by atoms with van der Waals surface area (Å²) in [6.45, 7) is 0.421. The Labute approximate surface area is 180 Å². The summed E-state index contributed by atoms with van der Waals surface area (Å²) in [4.78, 5) is 36.0. The first-order valence-corrected chi connectivity index (χ1v) is 9.86. The van der Waals surface area contributed by atoms with Gasteiger partial charge in [0.1, 0.15) is 12.4 Å². The smallest absolute Gasteiger partial charge is 0.258 e. The number of nitrogens with one attached hydrogen (secondary N) is 2. The molecule has 0 spiro atoms. The summed E-state index contributed by atoms with van der Waals surface area (Å²) < 4.78 is 6.96. The third kappa shape index (κ3) is 4.14. The van der Waals surface area contributed by atoms with E-state index < -0.39 is 11.8 Å². The molecule has 3 aromatic rings. The summed E-state index contributed by atoms with van der Waals surface area (Å²) >= 11 is 2.26. The van der Waals surface area contributed by atoms with E-state index in [1.807, 2.05) is 30.3 Å². The maximum absolute atomic E-state index is 12.6. The van der Waals surface area contributed by atoms with Gasteiger partial charge in [0.25, 0.3) is 17.7 Å². The van der Waals surface area contributed by atoms with Crippen molar-refractivity contribution in [2.75, 3.05) is 5.32 Å². The first kappa shape index (κ1) is 19.1. The number of ether oxygens (including phenoxy) is 1. The quantitative estimate of drug-likeness (QED) is 0.412. The van der Waals surface area contributed by atoms with E-state index in [0.29, 0.717) is 23.6 Å². The maximum atomic E-state index is 12.6. The van der Waals surface area contributed by atoms with Crippen molar-refractivity contribution in [3.8, 4) is 5.75 Å². The van der Waals surface area contributed by atoms with Crippen LogP contribution in [0, 0.1) is 3.57 Å². The van der Waals surface area contributed by atoms with Gasteiger partial charge in [-0.15, -0.1) is 0 Å². The number of amides is 3. The third-order valence-corrected chi connectivity index (χ3v) is 5.49. The number of carbonyl (C=O) groups is 3. The van der Waals surface area contributed by atoms with E-state index in [9.17, 15) is 14.4 Å². The Morgan fingerprint density at radius 3 is 2.55 bits per heavy atom. The number of rotatable bonds is 5. The molecule has 0 bridgehead atoms. The van der Waals surface area contributed by atoms with Crippen LogP contribution in [0.15, 0.2) is 66.7 Å². The number of benzene rings is 3. The van der Waals surface area contributed by atoms with E-state index in [0.717, 1.165) is 9.13 Å². The molecular formula is C22H15IN2O4. The number of hydrogen-bond donors (Lipinski definition) is 2. The van der Waals surface area contributed by atoms with Crippen molar-refractivity contribution in [2.24, 2.45) is 0 Å². The number of imide groups is 1. The van der Waals surface area contributed by atoms with E-state index in [1.165, 1.54) is 18.2 Å². The zero-order valence-electron chi connectivity index (χ0n) is 15.1. The molecule has 4 rings (SSSR count). The second-order valence-electron chi connectivity index (χ2n) is 6.41. The van der Waals surface area contributed by atoms with Crippen LogP contribution in [0.5, 0.6) is 5.75 Å². The second-order valence-corrected chi connectivity index (χ2v) is 7.57. The van der Waals surface area contributed by atoms with Gasteiger partial charge in [-0.1, -0.05) is 24.3 Å². The van der Waals surface area contributed by atoms with E-state index in [2.05, 4.69) is 33.2 Å². The van der Waals surface area contributed by atoms with Gasteiger partial charge in [-0.05, 0) is 59.0 Å². The summed E-state index contributed by atoms with van der Waals surface area (Å²) in [5, 5.41) is 5.00. The zero-order valence-corrected chi connectivity index (χ0v) is 17.2. The fourth-order valence-electron chi connectivity index (χ4n) is 2.95. The number of halogens is 1. The molecule has 0 saturated carbocycles. The fourth-order valence-corrected chi connectivity index (χ4v) is 3.50. The van der Waals surface area contributed by atoms with Gasteiger partial charge >= 0.3 is 0 Å². The summed E-state index contributed by atoms with van der Waals surface area (Å²) in [5.74, 6) is -0.698. The lowest BCUT2D eigenvalue weighted by atomic mass is 10.1. The molecular weight excluding hydrogens is 483 g/mol. The van der Waals surface area contributed by atoms with Crippen LogP contribution < -0.4 is 15.4 Å². The molecule has 2 N–H and O–H groups in total. The molecule has 1 aliphatic heterocycles. The highest BCUT2D eigenvalue weighted by Crippen LogP contribution is 2.22. The van der Waals surface area contributed by atoms with Gasteiger partial charge in [-0.25, -0.2) is 0 Å². The largest absolute Gasteiger partial charge is 0.489 e. The van der Waals surface area contributed by atoms with Crippen LogP contribution >= 0.6 is 22.6 Å². The monoisotopic (exact) mass is 498 g/mol. The second kappa shape index (κ2) is 8.04. The molecule has 0 atom stereocenters. The van der Waals surface area contributed by atoms with Crippen molar-refractivity contribution in [2.45, 2.75) is 6.61 Å². The lowest BCUT2D eigenvalue weighted by molar-refractivity contribution is 0.0879. The Bertz CT molecular complexity index is 1140. The molecule has 3 amide bonds. The molecule has 7 heteroatoms. The SMILES string of the molecule is O=C(Nc1cccc(OCc2ccccc2I)c1)c1ccc2c(c1)C(=O)NC2=O. The predicted octanol–water partition coefficient (Wildman–Crippen LogP) is 4.01. The van der Waals surface area contributed by atoms with Crippen LogP contribution in [-0.4, -0.2) is 17.7 Å². The average molecular weight is 498 g/mol. The third-order valence-electron chi connectivity index (χ3n) is 4.44. The van der Waals surface area contributed by atoms with Crippen LogP contribution in [0.1, 0.15) is 36.6 Å². The summed E-state index contributed by atoms with van der Waals surface area (Å²) in [5.41, 5.74) is 2.42. The summed E-state index contributed by atoms with van der Waals surface area (Å²) in [6, 6.07) is 19.5. The van der Waals surface area contributed by atoms with Crippen LogP contribution in [0.3, 0.4) is 0 Å². The van der Waals surface area contributed by atoms with Gasteiger partial charge in [0.15, 0.2) is 0 Å². The van der Waals surface area contributed by atoms with Crippen molar-refractivity contribution in [3.63, 3.8) is 0 Å². The minimum absolute atomic E-state index is 0.206. The van der Waals surface area contributed by atoms with Gasteiger partial charge in [0.05, 0.1) is 11.1 Å². The van der Waals surface area contributed by atoms with Crippen LogP contribution in [0.4, 0.5) is 5.69 Å². The van der Waals surface area contributed by atoms with Crippen LogP contribution in [0.2, 0.25) is 0 Å². The minimum atomic E-state index is -0.495. The first-order chi connectivity index (χ1) is 14.0. The lowest BCUT2D eigenvalue weighted by Gasteiger charge is -2.10. The van der Waals surface area contributed by atoms with Crippen molar-refractivity contribution in [3.05, 3.63) is 92.6 Å². The Balaban J connectivity index is 1.46. The van der Waals surface area contributed by atoms with Crippen LogP contribution in [-0.2, 0) is 6.61 Å². The highest BCUT2D eigenvalue weighted by Gasteiger charge is 2.27. The molecule has 29 heavy (non-hydrogen) atoms. The zero-order chi connectivity index (χ0) is 20.4. The van der Waals surface area contributed by atoms with Crippen molar-refractivity contribution in [1.29, 1.82) is 0 Å². The van der Waals surface area contributed by atoms with Crippen LogP contribution in [0.25, 0.3) is 0 Å². The Morgan fingerprint density at radius 2 is 1.72 bits per heavy atom. The molecule has 0 radical (unpaired) electrons. The highest BCUT2D eigenvalue weighted by atomic mass is 127. The van der Waals surface area contributed by atoms with Gasteiger partial charge in [0.2, 0.25) is 0 Å². The molecule has 0 unspecified atom stereocenters. The molecule has 3 aromatic carbocycles. The maximum Gasteiger partial charge on any atom is 0.258 e. The normalized spacial score (nSPS) is 12.3. The van der Waals surface area contributed by atoms with Crippen molar-refractivity contribution >= 4 is 46.0 Å². The highest BCUT2D eigenvalue weighted by molar-refractivity contribution is 14.1. The molecule has 0 aliphatic carbocycles. The predicted molar refractivity (Wildman–Crippen MR) is 116 cm³/mol. The molecule has 0 fully saturated rings. The summed E-state index contributed by atoms with van der Waals surface area (Å²) in [7, 11) is 0. The van der Waals surface area contributed by atoms with Gasteiger partial charge < -0.3 is 10.1 Å². The van der Waals surface area contributed by atoms with Gasteiger partial charge in [0, 0.05) is 26.5 Å². The van der Waals surface area contributed by atoms with Gasteiger partial charge in [-0.3, -0.25) is 19.7 Å². The molecule has 0 aromatic heterocycles. The van der Waals surface area contributed by atoms with Crippen molar-refractivity contribution < 1.29 is 19.1 Å². The van der Waals surface area contributed by atoms with Gasteiger partial charge in [-0.2, -0.15) is 0 Å². The molecule has 144 valence electrons. The number of anilines is 1. The number of hydrogen-bond acceptors (Lipinski definition) is 4. The summed E-state index contributed by atoms with van der Waals surface area (Å²) in [6.07, 6.45) is 0. The standard InChI is InChI=1S/C22H15IN2O4/c23-19-7-2-1-4-14(19)12-29-16-6-3-5-15(11-16)24-20(26)13-8-9-17-18(10-13)22(28)25-21(17)27/h1-11H,12H2,(H,24,26)(H,25,27,28). The van der Waals surface area contributed by atoms with E-state index in [4.69, 9.17) is 4.74 Å². The molecule has 6 nitrogen and oxygen atoms in total. The number of carbonyl (C=O) groups excluding carboxylic acids is 3. The van der Waals surface area contributed by atoms with E-state index >= 15 is 0 Å². The average Bonchev–Trinajstić information content (AvgIpc) is 3.01. The molecule has 1 heterocycles. The first-order valence-electron chi connectivity index (χ1n) is 8.78. The minimum Gasteiger partial charge on any atom is -0.489 e. The molecule has 1 aliphatic rings. The lowest BCUT2D eigenvalue weighted by Crippen LogP contribution is -2.19. The Morgan fingerprint density at radius 1 is 0.931 bits per heavy atom. The van der Waals surface area contributed by atoms with Crippen molar-refractivity contribution in [1.82, 2.24) is 5.32 Å². The fraction of sp³-hybridized carbons (Fsp3) is 0.0455. The van der Waals surface area contributed by atoms with E-state index in [-0.39, 0.29) is 17.0 Å². The topological polar surface area (TPSA) is 84.5 Å². The number of fused-ring (bicyclic) bond motifs is 1. The molecule has 0 saturated heterocycles.